The topological polar surface area (TPSA) is 55.1 Å². The summed E-state index contributed by atoms with van der Waals surface area (Å²) in [6, 6.07) is 3.79. The van der Waals surface area contributed by atoms with E-state index in [1.165, 1.54) is 18.2 Å². The largest absolute Gasteiger partial charge is 0.356 e. The number of carbonyl (C=O) groups is 1. The van der Waals surface area contributed by atoms with Gasteiger partial charge in [0.1, 0.15) is 11.6 Å². The fourth-order valence-electron chi connectivity index (χ4n) is 2.28. The van der Waals surface area contributed by atoms with E-state index in [2.05, 4.69) is 5.32 Å². The van der Waals surface area contributed by atoms with Crippen LogP contribution in [0.4, 0.5) is 8.78 Å². The highest BCUT2D eigenvalue weighted by Crippen LogP contribution is 2.49. The van der Waals surface area contributed by atoms with Gasteiger partial charge in [-0.25, -0.2) is 8.78 Å². The number of hydrogen-bond donors (Lipinski definition) is 2. The molecule has 1 aliphatic carbocycles. The van der Waals surface area contributed by atoms with Crippen LogP contribution in [0.3, 0.4) is 0 Å². The molecular formula is C14H18F2N2O. The van der Waals surface area contributed by atoms with Crippen molar-refractivity contribution < 1.29 is 13.6 Å². The molecule has 0 spiro atoms. The van der Waals surface area contributed by atoms with E-state index >= 15 is 0 Å². The highest BCUT2D eigenvalue weighted by atomic mass is 19.1. The molecule has 0 bridgehead atoms. The van der Waals surface area contributed by atoms with E-state index in [4.69, 9.17) is 5.73 Å². The summed E-state index contributed by atoms with van der Waals surface area (Å²) in [5.41, 5.74) is 5.40. The van der Waals surface area contributed by atoms with Gasteiger partial charge in [0.25, 0.3) is 0 Å². The number of hydrogen-bond acceptors (Lipinski definition) is 2. The maximum absolute atomic E-state index is 13.5. The van der Waals surface area contributed by atoms with E-state index in [0.717, 1.165) is 12.8 Å². The van der Waals surface area contributed by atoms with Crippen LogP contribution >= 0.6 is 0 Å². The predicted molar refractivity (Wildman–Crippen MR) is 68.5 cm³/mol. The van der Waals surface area contributed by atoms with Gasteiger partial charge in [0.15, 0.2) is 0 Å². The van der Waals surface area contributed by atoms with Gasteiger partial charge in [-0.3, -0.25) is 4.79 Å². The first-order valence-corrected chi connectivity index (χ1v) is 6.57. The lowest BCUT2D eigenvalue weighted by Gasteiger charge is -2.06. The monoisotopic (exact) mass is 268 g/mol. The van der Waals surface area contributed by atoms with Gasteiger partial charge < -0.3 is 11.1 Å². The summed E-state index contributed by atoms with van der Waals surface area (Å²) in [4.78, 5) is 11.8. The van der Waals surface area contributed by atoms with Crippen molar-refractivity contribution >= 4 is 5.91 Å². The minimum absolute atomic E-state index is 0.0459. The van der Waals surface area contributed by atoms with Crippen LogP contribution in [0.15, 0.2) is 18.2 Å². The molecule has 19 heavy (non-hydrogen) atoms. The molecule has 1 aromatic rings. The van der Waals surface area contributed by atoms with Gasteiger partial charge in [-0.2, -0.15) is 0 Å². The average Bonchev–Trinajstić information content (AvgIpc) is 3.14. The number of halogens is 2. The normalized spacial score (nSPS) is 21.2. The Hall–Kier alpha value is -1.49. The van der Waals surface area contributed by atoms with Crippen molar-refractivity contribution in [3.05, 3.63) is 35.4 Å². The second kappa shape index (κ2) is 6.10. The summed E-state index contributed by atoms with van der Waals surface area (Å²) in [5.74, 6) is -1.88. The summed E-state index contributed by atoms with van der Waals surface area (Å²) in [7, 11) is 0. The van der Waals surface area contributed by atoms with E-state index in [1.807, 2.05) is 0 Å². The van der Waals surface area contributed by atoms with Crippen molar-refractivity contribution in [2.24, 2.45) is 11.7 Å². The molecule has 0 aliphatic heterocycles. The molecular weight excluding hydrogens is 250 g/mol. The quantitative estimate of drug-likeness (QED) is 0.774. The van der Waals surface area contributed by atoms with Crippen LogP contribution in [0, 0.1) is 17.6 Å². The first kappa shape index (κ1) is 13.9. The Morgan fingerprint density at radius 1 is 1.32 bits per heavy atom. The summed E-state index contributed by atoms with van der Waals surface area (Å²) >= 11 is 0. The van der Waals surface area contributed by atoms with Gasteiger partial charge in [0.05, 0.1) is 0 Å². The Morgan fingerprint density at radius 2 is 2.00 bits per heavy atom. The Morgan fingerprint density at radius 3 is 2.63 bits per heavy atom. The third-order valence-electron chi connectivity index (χ3n) is 3.43. The number of rotatable bonds is 6. The number of nitrogens with two attached hydrogens (primary N) is 1. The Labute approximate surface area is 111 Å². The lowest BCUT2D eigenvalue weighted by atomic mass is 10.1. The molecule has 104 valence electrons. The van der Waals surface area contributed by atoms with Crippen molar-refractivity contribution in [1.29, 1.82) is 0 Å². The molecule has 1 fully saturated rings. The van der Waals surface area contributed by atoms with Gasteiger partial charge in [0.2, 0.25) is 5.91 Å². The Balaban J connectivity index is 1.88. The van der Waals surface area contributed by atoms with E-state index < -0.39 is 11.6 Å². The molecule has 1 aliphatic rings. The van der Waals surface area contributed by atoms with E-state index in [0.29, 0.717) is 19.5 Å². The molecule has 0 saturated heterocycles. The molecule has 0 radical (unpaired) electrons. The van der Waals surface area contributed by atoms with Gasteiger partial charge in [-0.1, -0.05) is 6.07 Å². The highest BCUT2D eigenvalue weighted by Gasteiger charge is 2.46. The van der Waals surface area contributed by atoms with E-state index in [-0.39, 0.29) is 23.3 Å². The van der Waals surface area contributed by atoms with Crippen LogP contribution in [0.5, 0.6) is 0 Å². The third-order valence-corrected chi connectivity index (χ3v) is 3.43. The van der Waals surface area contributed by atoms with Crippen molar-refractivity contribution in [2.45, 2.75) is 25.2 Å². The van der Waals surface area contributed by atoms with Gasteiger partial charge in [0, 0.05) is 23.9 Å². The second-order valence-corrected chi connectivity index (χ2v) is 4.87. The third kappa shape index (κ3) is 3.29. The lowest BCUT2D eigenvalue weighted by Crippen LogP contribution is -2.26. The first-order valence-electron chi connectivity index (χ1n) is 6.57. The lowest BCUT2D eigenvalue weighted by molar-refractivity contribution is -0.122. The smallest absolute Gasteiger partial charge is 0.223 e. The summed E-state index contributed by atoms with van der Waals surface area (Å²) in [5, 5.41) is 2.78. The SMILES string of the molecule is NCCCCNC(=O)C1CC1c1c(F)cccc1F. The van der Waals surface area contributed by atoms with Crippen LogP contribution in [-0.4, -0.2) is 19.0 Å². The maximum Gasteiger partial charge on any atom is 0.223 e. The fourth-order valence-corrected chi connectivity index (χ4v) is 2.28. The Bertz CT molecular complexity index is 445. The van der Waals surface area contributed by atoms with Crippen LogP contribution in [-0.2, 0) is 4.79 Å². The zero-order chi connectivity index (χ0) is 13.8. The van der Waals surface area contributed by atoms with Crippen LogP contribution in [0.1, 0.15) is 30.7 Å². The molecule has 1 aromatic carbocycles. The summed E-state index contributed by atoms with van der Waals surface area (Å²) in [6.07, 6.45) is 2.20. The molecule has 1 saturated carbocycles. The molecule has 1 amide bonds. The zero-order valence-electron chi connectivity index (χ0n) is 10.7. The van der Waals surface area contributed by atoms with Gasteiger partial charge in [-0.15, -0.1) is 0 Å². The summed E-state index contributed by atoms with van der Waals surface area (Å²) in [6.45, 7) is 1.17. The standard InChI is InChI=1S/C14H18F2N2O/c15-11-4-3-5-12(16)13(11)9-8-10(9)14(19)18-7-2-1-6-17/h3-5,9-10H,1-2,6-8,17H2,(H,18,19). The minimum atomic E-state index is -0.566. The molecule has 0 heterocycles. The first-order chi connectivity index (χ1) is 9.15. The highest BCUT2D eigenvalue weighted by molar-refractivity contribution is 5.82. The molecule has 2 unspecified atom stereocenters. The number of nitrogens with one attached hydrogen (secondary N) is 1. The second-order valence-electron chi connectivity index (χ2n) is 4.87. The molecule has 0 aromatic heterocycles. The zero-order valence-corrected chi connectivity index (χ0v) is 10.7. The van der Waals surface area contributed by atoms with Crippen molar-refractivity contribution in [3.63, 3.8) is 0 Å². The molecule has 5 heteroatoms. The summed E-state index contributed by atoms with van der Waals surface area (Å²) < 4.78 is 27.1. The van der Waals surface area contributed by atoms with Crippen LogP contribution in [0.2, 0.25) is 0 Å². The van der Waals surface area contributed by atoms with Gasteiger partial charge >= 0.3 is 0 Å². The molecule has 2 rings (SSSR count). The van der Waals surface area contributed by atoms with Crippen molar-refractivity contribution in [2.75, 3.05) is 13.1 Å². The average molecular weight is 268 g/mol. The predicted octanol–water partition coefficient (Wildman–Crippen LogP) is 1.92. The van der Waals surface area contributed by atoms with Crippen LogP contribution in [0.25, 0.3) is 0 Å². The number of carbonyl (C=O) groups excluding carboxylic acids is 1. The maximum atomic E-state index is 13.5. The molecule has 3 nitrogen and oxygen atoms in total. The Kier molecular flexibility index (Phi) is 4.47. The number of amides is 1. The number of benzene rings is 1. The van der Waals surface area contributed by atoms with E-state index in [9.17, 15) is 13.6 Å². The van der Waals surface area contributed by atoms with Crippen molar-refractivity contribution in [3.8, 4) is 0 Å². The van der Waals surface area contributed by atoms with Gasteiger partial charge in [-0.05, 0) is 37.9 Å². The minimum Gasteiger partial charge on any atom is -0.356 e. The van der Waals surface area contributed by atoms with E-state index in [1.54, 1.807) is 0 Å². The molecule has 2 atom stereocenters. The number of unbranched alkanes of at least 4 members (excludes halogenated alkanes) is 1. The fraction of sp³-hybridized carbons (Fsp3) is 0.500. The molecule has 3 N–H and O–H groups in total. The van der Waals surface area contributed by atoms with Crippen LogP contribution < -0.4 is 11.1 Å². The van der Waals surface area contributed by atoms with Crippen molar-refractivity contribution in [1.82, 2.24) is 5.32 Å².